The number of benzene rings is 4. The molecule has 2 aliphatic rings. The van der Waals surface area contributed by atoms with Crippen LogP contribution in [-0.2, 0) is 110 Å². The molecule has 40 heteroatoms. The molecule has 7 rings (SSSR count). The smallest absolute Gasteiger partial charge is 0.245 e. The van der Waals surface area contributed by atoms with Crippen molar-refractivity contribution >= 4 is 145 Å². The summed E-state index contributed by atoms with van der Waals surface area (Å²) in [4.78, 5) is 260. The molecular formula is C93H134N18O21S. The third-order valence-electron chi connectivity index (χ3n) is 23.3. The molecule has 13 atom stereocenters. The lowest BCUT2D eigenvalue weighted by atomic mass is 9.79. The first-order valence-corrected chi connectivity index (χ1v) is 46.3. The minimum Gasteiger partial charge on any atom is -0.492 e. The number of ether oxygens (including phenoxy) is 2. The second-order valence-corrected chi connectivity index (χ2v) is 34.8. The Balaban J connectivity index is 0.0000105. The highest BCUT2D eigenvalue weighted by atomic mass is 32.2. The lowest BCUT2D eigenvalue weighted by Gasteiger charge is -2.38. The van der Waals surface area contributed by atoms with E-state index in [1.54, 1.807) is 73.9 Å². The third-order valence-corrected chi connectivity index (χ3v) is 24.4. The van der Waals surface area contributed by atoms with Crippen LogP contribution in [0.1, 0.15) is 181 Å². The van der Waals surface area contributed by atoms with Gasteiger partial charge in [-0.15, -0.1) is 0 Å². The van der Waals surface area contributed by atoms with E-state index in [4.69, 9.17) is 55.0 Å². The van der Waals surface area contributed by atoms with Crippen LogP contribution in [-0.4, -0.2) is 227 Å². The van der Waals surface area contributed by atoms with Crippen molar-refractivity contribution in [1.29, 1.82) is 5.41 Å². The SMILES string of the molecule is CC.CNCCCCC(CC(=O)C1(NC(=O)C(CC(=O)C(Cc2ccc(OCCN)cc2)NC(=O)C2CSCCC(NC(=O)C(CCCCC(=N)N)NC(C)=O)C(=O)CC(CCC(N)=O)C(=O)NC(C(C)O)C(=O)NC(Cc3c[nH]c4ccccc34)C(=O)NC(CCC(N)=O)C(=O)C2)Cc2ccc3ccccc3c2)CCOCC1)C(=O)NC(CC(N)=O)C(=O)CC(CC(N)=O)C(N)=O.[2HH]. The van der Waals surface area contributed by atoms with Crippen LogP contribution in [0.2, 0.25) is 0 Å². The summed E-state index contributed by atoms with van der Waals surface area (Å²) >= 11 is 0.980. The summed E-state index contributed by atoms with van der Waals surface area (Å²) in [5.41, 5.74) is 39.4. The molecule has 133 heavy (non-hydrogen) atoms. The molecule has 2 fully saturated rings. The summed E-state index contributed by atoms with van der Waals surface area (Å²) in [6, 6.07) is 14.8. The number of carbonyl (C=O) groups excluding carboxylic acids is 18. The van der Waals surface area contributed by atoms with Gasteiger partial charge in [0.1, 0.15) is 36.0 Å². The first kappa shape index (κ1) is 109. The lowest BCUT2D eigenvalue weighted by molar-refractivity contribution is -0.141. The second-order valence-electron chi connectivity index (χ2n) is 33.7. The number of aliphatic hydroxyl groups is 1. The fourth-order valence-electron chi connectivity index (χ4n) is 15.9. The summed E-state index contributed by atoms with van der Waals surface area (Å²) in [5.74, 6) is -23.6. The number of unbranched alkanes of at least 4 members (excludes halogenated alkanes) is 2. The van der Waals surface area contributed by atoms with Crippen LogP contribution in [0.15, 0.2) is 97.2 Å². The van der Waals surface area contributed by atoms with Gasteiger partial charge < -0.3 is 108 Å². The van der Waals surface area contributed by atoms with Crippen LogP contribution >= 0.6 is 11.8 Å². The van der Waals surface area contributed by atoms with Gasteiger partial charge in [-0.3, -0.25) is 91.7 Å². The van der Waals surface area contributed by atoms with Gasteiger partial charge >= 0.3 is 0 Å². The van der Waals surface area contributed by atoms with Gasteiger partial charge in [0, 0.05) is 146 Å². The molecule has 0 bridgehead atoms. The molecule has 13 amide bonds. The average molecular weight is 1870 g/mol. The minimum atomic E-state index is -1.90. The van der Waals surface area contributed by atoms with Crippen LogP contribution in [0.4, 0.5) is 0 Å². The Morgan fingerprint density at radius 3 is 1.91 bits per heavy atom. The van der Waals surface area contributed by atoms with Crippen LogP contribution in [0, 0.1) is 35.0 Å². The predicted octanol–water partition coefficient (Wildman–Crippen LogP) is 1.09. The molecule has 0 radical (unpaired) electrons. The number of hydrogen-bond acceptors (Lipinski definition) is 25. The number of amides is 13. The van der Waals surface area contributed by atoms with E-state index >= 15 is 33.6 Å². The lowest BCUT2D eigenvalue weighted by Crippen LogP contribution is -2.59. The van der Waals surface area contributed by atoms with E-state index in [9.17, 15) is 57.8 Å². The van der Waals surface area contributed by atoms with E-state index < -0.39 is 260 Å². The van der Waals surface area contributed by atoms with Crippen LogP contribution < -0.4 is 92.7 Å². The molecule has 5 aromatic rings. The standard InChI is InChI=1S/C91H126N18O21S.C2H6.H2/c1-51(110)82-90(128)107-71(41-61-49-101-65-16-7-6-15-64(61)65)89(127)103-66(26-28-79(96)118)73(113)45-62(50-131-37-29-67(72(112)42-58(85(123)108-82)23-27-78(95)117)104-88(126)68(102-52(2)111)17-8-9-18-77(93)94)86(124)105-69(40-53-20-24-63(25-21-53)130-36-32-92)75(115)44-60(39-54-19-22-55-12-4-5-13-56(55)38-54)87(125)109-91(30-34-129-35-31-91)76(116)46-57(14-10-11-33-100-3)84(122)106-70(48-81(98)120)74(114)43-59(83(99)121)47-80(97)119;1-2;/h4-7,12-13,15-16,19-22,24-25,38,49,51,57-60,62,66-71,82,100-101,110H,8-11,14,17-18,23,26-37,39-48,50,92H2,1-3H3,(H3,93,94)(H2,95,117)(H2,96,118)(H2,97,119)(H2,98,120)(H2,99,121)(H,102,111)(H,103,127)(H,104,126)(H,105,124)(H,106,122)(H,107,128)(H,108,123)(H,109,125);1-2H3;1H/i;;1+1. The van der Waals surface area contributed by atoms with E-state index in [1.807, 2.05) is 44.2 Å². The van der Waals surface area contributed by atoms with Gasteiger partial charge in [-0.2, -0.15) is 11.8 Å². The number of aliphatic hydroxyl groups excluding tert-OH is 1. The molecule has 728 valence electrons. The molecule has 0 saturated carbocycles. The number of rotatable bonds is 49. The largest absolute Gasteiger partial charge is 0.492 e. The molecule has 2 aliphatic heterocycles. The zero-order valence-electron chi connectivity index (χ0n) is 76.2. The Labute approximate surface area is 778 Å². The van der Waals surface area contributed by atoms with Gasteiger partial charge in [0.2, 0.25) is 76.8 Å². The number of Topliss-reactive ketones (excluding diaryl/α,β-unsaturated/α-hetero) is 5. The number of ketones is 5. The number of carbonyl (C=O) groups is 18. The van der Waals surface area contributed by atoms with Gasteiger partial charge in [0.05, 0.1) is 54.4 Å². The zero-order chi connectivity index (χ0) is 98.0. The average Bonchev–Trinajstić information content (AvgIpc) is 1.27. The van der Waals surface area contributed by atoms with Crippen LogP contribution in [0.25, 0.3) is 21.7 Å². The third kappa shape index (κ3) is 36.6. The van der Waals surface area contributed by atoms with E-state index in [2.05, 4.69) is 52.8 Å². The van der Waals surface area contributed by atoms with Gasteiger partial charge in [-0.05, 0) is 130 Å². The van der Waals surface area contributed by atoms with E-state index in [0.717, 1.165) is 36.4 Å². The molecule has 26 N–H and O–H groups in total. The number of H-pyrrole nitrogens is 1. The Kier molecular flexibility index (Phi) is 45.9. The second kappa shape index (κ2) is 55.8. The summed E-state index contributed by atoms with van der Waals surface area (Å²) in [7, 11) is 1.71. The van der Waals surface area contributed by atoms with Gasteiger partial charge in [0.15, 0.2) is 28.9 Å². The Bertz CT molecular complexity index is 4890. The highest BCUT2D eigenvalue weighted by molar-refractivity contribution is 7.99. The first-order chi connectivity index (χ1) is 63.3. The van der Waals surface area contributed by atoms with Crippen LogP contribution in [0.3, 0.4) is 0 Å². The highest BCUT2D eigenvalue weighted by Gasteiger charge is 2.46. The number of nitrogens with two attached hydrogens (primary N) is 7. The first-order valence-electron chi connectivity index (χ1n) is 45.1. The van der Waals surface area contributed by atoms with Crippen molar-refractivity contribution in [2.45, 2.75) is 236 Å². The number of fused-ring (bicyclic) bond motifs is 2. The van der Waals surface area contributed by atoms with Gasteiger partial charge in [0.25, 0.3) is 0 Å². The van der Waals surface area contributed by atoms with Crippen molar-refractivity contribution in [2.24, 2.45) is 69.7 Å². The zero-order valence-corrected chi connectivity index (χ0v) is 77.0. The number of aromatic nitrogens is 1. The quantitative estimate of drug-likeness (QED) is 0.0147. The molecule has 0 aliphatic carbocycles. The van der Waals surface area contributed by atoms with Crippen molar-refractivity contribution in [3.8, 4) is 5.75 Å². The van der Waals surface area contributed by atoms with Gasteiger partial charge in [-0.25, -0.2) is 0 Å². The van der Waals surface area contributed by atoms with Crippen molar-refractivity contribution in [2.75, 3.05) is 51.5 Å². The maximum absolute atomic E-state index is 16.1. The van der Waals surface area contributed by atoms with Crippen molar-refractivity contribution in [3.05, 3.63) is 114 Å². The van der Waals surface area contributed by atoms with E-state index in [1.165, 1.54) is 0 Å². The van der Waals surface area contributed by atoms with Crippen molar-refractivity contribution in [3.63, 3.8) is 0 Å². The number of amidine groups is 1. The highest BCUT2D eigenvalue weighted by Crippen LogP contribution is 2.32. The Morgan fingerprint density at radius 1 is 0.624 bits per heavy atom. The summed E-state index contributed by atoms with van der Waals surface area (Å²) in [6.07, 6.45) is -6.78. The molecule has 0 spiro atoms. The number of nitrogens with one attached hydrogen (secondary N) is 11. The molecule has 2 saturated heterocycles. The Hall–Kier alpha value is -12.4. The summed E-state index contributed by atoms with van der Waals surface area (Å²) in [5, 5.41) is 45.8. The number of hydrogen-bond donors (Lipinski definition) is 19. The number of para-hydroxylation sites is 1. The fourth-order valence-corrected chi connectivity index (χ4v) is 17.1. The van der Waals surface area contributed by atoms with Crippen LogP contribution in [0.5, 0.6) is 5.75 Å². The molecule has 13 unspecified atom stereocenters. The summed E-state index contributed by atoms with van der Waals surface area (Å²) in [6.45, 7) is 6.92. The molecule has 39 nitrogen and oxygen atoms in total. The topological polar surface area (TPSA) is 676 Å². The molecule has 1 aromatic heterocycles. The van der Waals surface area contributed by atoms with E-state index in [0.29, 0.717) is 59.2 Å². The van der Waals surface area contributed by atoms with Gasteiger partial charge in [-0.1, -0.05) is 99.5 Å². The van der Waals surface area contributed by atoms with Crippen molar-refractivity contribution in [1.82, 2.24) is 52.8 Å². The summed E-state index contributed by atoms with van der Waals surface area (Å²) < 4.78 is 11.6. The maximum atomic E-state index is 16.1. The molecule has 3 heterocycles. The molecular weight excluding hydrogens is 1740 g/mol. The number of primary amides is 5. The molecule has 4 aromatic carbocycles. The number of thioether (sulfide) groups is 1. The predicted molar refractivity (Wildman–Crippen MR) is 499 cm³/mol. The normalized spacial score (nSPS) is 19.1. The van der Waals surface area contributed by atoms with E-state index in [-0.39, 0.29) is 109 Å². The van der Waals surface area contributed by atoms with Crippen molar-refractivity contribution < 1.29 is 102 Å². The Morgan fingerprint density at radius 2 is 1.26 bits per heavy atom. The number of aromatic amines is 1. The fraction of sp³-hybridized carbons (Fsp3) is 0.538. The minimum absolute atomic E-state index is 0. The monoisotopic (exact) mass is 1870 g/mol. The maximum Gasteiger partial charge on any atom is 0.245 e.